The number of thiophene rings is 1. The average Bonchev–Trinajstić information content (AvgIpc) is 3.22. The molecule has 0 fully saturated rings. The summed E-state index contributed by atoms with van der Waals surface area (Å²) in [6, 6.07) is 9.46. The highest BCUT2D eigenvalue weighted by Gasteiger charge is 2.33. The third kappa shape index (κ3) is 3.13. The van der Waals surface area contributed by atoms with E-state index in [0.717, 1.165) is 32.6 Å². The number of rotatable bonds is 3. The minimum atomic E-state index is -0.794. The van der Waals surface area contributed by atoms with E-state index < -0.39 is 12.0 Å². The van der Waals surface area contributed by atoms with E-state index in [1.165, 1.54) is 0 Å². The Bertz CT molecular complexity index is 1020. The monoisotopic (exact) mass is 366 g/mol. The maximum Gasteiger partial charge on any atom is 0.321 e. The molecule has 2 aromatic heterocycles. The van der Waals surface area contributed by atoms with Crippen LogP contribution < -0.4 is 0 Å². The van der Waals surface area contributed by atoms with Gasteiger partial charge in [-0.3, -0.25) is 9.69 Å². The van der Waals surface area contributed by atoms with Gasteiger partial charge < -0.3 is 15.2 Å². The van der Waals surface area contributed by atoms with E-state index in [9.17, 15) is 9.90 Å². The second-order valence-corrected chi connectivity index (χ2v) is 7.35. The van der Waals surface area contributed by atoms with Crippen LogP contribution in [0.4, 0.5) is 0 Å². The molecule has 3 aromatic rings. The molecule has 0 saturated heterocycles. The second-order valence-electron chi connectivity index (χ2n) is 6.35. The van der Waals surface area contributed by atoms with Gasteiger partial charge in [-0.25, -0.2) is 0 Å². The van der Waals surface area contributed by atoms with Crippen molar-refractivity contribution in [3.63, 3.8) is 0 Å². The molecule has 0 spiro atoms. The number of carbonyl (C=O) groups is 1. The van der Waals surface area contributed by atoms with Crippen molar-refractivity contribution in [3.8, 4) is 11.8 Å². The predicted octanol–water partition coefficient (Wildman–Crippen LogP) is 2.58. The molecule has 5 nitrogen and oxygen atoms in total. The first-order chi connectivity index (χ1) is 12.7. The molecular formula is C20H18N2O3S. The zero-order valence-corrected chi connectivity index (χ0v) is 14.8. The van der Waals surface area contributed by atoms with Crippen molar-refractivity contribution in [1.82, 2.24) is 9.88 Å². The second kappa shape index (κ2) is 6.96. The number of nitrogens with one attached hydrogen (secondary N) is 1. The largest absolute Gasteiger partial charge is 0.480 e. The highest BCUT2D eigenvalue weighted by Crippen LogP contribution is 2.31. The fourth-order valence-corrected chi connectivity index (χ4v) is 4.38. The van der Waals surface area contributed by atoms with E-state index in [1.807, 2.05) is 40.6 Å². The summed E-state index contributed by atoms with van der Waals surface area (Å²) in [7, 11) is 0. The first-order valence-electron chi connectivity index (χ1n) is 8.38. The molecule has 4 rings (SSSR count). The first kappa shape index (κ1) is 16.9. The Morgan fingerprint density at radius 1 is 1.38 bits per heavy atom. The molecule has 1 aromatic carbocycles. The predicted molar refractivity (Wildman–Crippen MR) is 101 cm³/mol. The molecule has 3 N–H and O–H groups in total. The van der Waals surface area contributed by atoms with Gasteiger partial charge in [-0.05, 0) is 17.7 Å². The van der Waals surface area contributed by atoms with E-state index in [1.54, 1.807) is 11.3 Å². The zero-order valence-electron chi connectivity index (χ0n) is 14.0. The van der Waals surface area contributed by atoms with Crippen LogP contribution in [0.15, 0.2) is 35.7 Å². The maximum absolute atomic E-state index is 11.9. The van der Waals surface area contributed by atoms with Crippen LogP contribution in [0.25, 0.3) is 10.9 Å². The number of H-pyrrole nitrogens is 1. The summed E-state index contributed by atoms with van der Waals surface area (Å²) < 4.78 is 0. The molecule has 26 heavy (non-hydrogen) atoms. The lowest BCUT2D eigenvalue weighted by molar-refractivity contribution is -0.144. The van der Waals surface area contributed by atoms with Crippen molar-refractivity contribution in [2.75, 3.05) is 6.61 Å². The number of aliphatic hydroxyl groups is 1. The van der Waals surface area contributed by atoms with Crippen molar-refractivity contribution in [2.24, 2.45) is 0 Å². The summed E-state index contributed by atoms with van der Waals surface area (Å²) in [5.41, 5.74) is 4.13. The van der Waals surface area contributed by atoms with Gasteiger partial charge in [0.15, 0.2) is 0 Å². The van der Waals surface area contributed by atoms with Gasteiger partial charge in [-0.2, -0.15) is 0 Å². The molecule has 132 valence electrons. The lowest BCUT2D eigenvalue weighted by Crippen LogP contribution is -2.44. The minimum Gasteiger partial charge on any atom is -0.480 e. The van der Waals surface area contributed by atoms with Crippen LogP contribution in [0.1, 0.15) is 21.7 Å². The van der Waals surface area contributed by atoms with Gasteiger partial charge in [0.1, 0.15) is 12.6 Å². The molecular weight excluding hydrogens is 348 g/mol. The maximum atomic E-state index is 11.9. The van der Waals surface area contributed by atoms with Gasteiger partial charge >= 0.3 is 5.97 Å². The molecule has 6 heteroatoms. The first-order valence-corrected chi connectivity index (χ1v) is 9.26. The molecule has 0 saturated carbocycles. The minimum absolute atomic E-state index is 0.165. The number of hydrogen-bond donors (Lipinski definition) is 3. The molecule has 0 aliphatic carbocycles. The van der Waals surface area contributed by atoms with Gasteiger partial charge in [-0.15, -0.1) is 11.3 Å². The lowest BCUT2D eigenvalue weighted by atomic mass is 9.96. The number of hydrogen-bond acceptors (Lipinski definition) is 4. The number of benzene rings is 1. The molecule has 1 aliphatic heterocycles. The van der Waals surface area contributed by atoms with Gasteiger partial charge in [-0.1, -0.05) is 30.0 Å². The number of fused-ring (bicyclic) bond motifs is 3. The van der Waals surface area contributed by atoms with Crippen molar-refractivity contribution < 1.29 is 15.0 Å². The van der Waals surface area contributed by atoms with Crippen LogP contribution in [-0.4, -0.2) is 38.7 Å². The van der Waals surface area contributed by atoms with Gasteiger partial charge in [0.2, 0.25) is 0 Å². The Hall–Kier alpha value is -2.59. The number of carboxylic acid groups (broad SMARTS) is 1. The molecule has 0 amide bonds. The quantitative estimate of drug-likeness (QED) is 0.623. The summed E-state index contributed by atoms with van der Waals surface area (Å²) in [5, 5.41) is 21.6. The Morgan fingerprint density at radius 3 is 3.04 bits per heavy atom. The fraction of sp³-hybridized carbons (Fsp3) is 0.250. The van der Waals surface area contributed by atoms with Crippen LogP contribution >= 0.6 is 11.3 Å². The van der Waals surface area contributed by atoms with Crippen LogP contribution in [0.2, 0.25) is 0 Å². The molecule has 0 bridgehead atoms. The third-order valence-corrected chi connectivity index (χ3v) is 5.63. The Kier molecular flexibility index (Phi) is 4.51. The number of aromatic amines is 1. The summed E-state index contributed by atoms with van der Waals surface area (Å²) in [6.45, 7) is 0.981. The molecule has 3 heterocycles. The summed E-state index contributed by atoms with van der Waals surface area (Å²) >= 11 is 1.56. The van der Waals surface area contributed by atoms with Crippen molar-refractivity contribution in [2.45, 2.75) is 25.6 Å². The van der Waals surface area contributed by atoms with E-state index >= 15 is 0 Å². The molecule has 0 unspecified atom stereocenters. The number of carboxylic acids is 1. The number of aliphatic hydroxyl groups excluding tert-OH is 1. The van der Waals surface area contributed by atoms with Crippen molar-refractivity contribution in [1.29, 1.82) is 0 Å². The van der Waals surface area contributed by atoms with Crippen molar-refractivity contribution >= 4 is 28.2 Å². The van der Waals surface area contributed by atoms with Crippen LogP contribution in [0.3, 0.4) is 0 Å². The van der Waals surface area contributed by atoms with Gasteiger partial charge in [0.25, 0.3) is 0 Å². The summed E-state index contributed by atoms with van der Waals surface area (Å²) in [4.78, 5) is 18.4. The topological polar surface area (TPSA) is 76.6 Å². The van der Waals surface area contributed by atoms with Gasteiger partial charge in [0, 0.05) is 51.9 Å². The van der Waals surface area contributed by atoms with E-state index in [2.05, 4.69) is 16.8 Å². The number of aromatic nitrogens is 1. The van der Waals surface area contributed by atoms with Gasteiger partial charge in [0.05, 0.1) is 0 Å². The van der Waals surface area contributed by atoms with Crippen molar-refractivity contribution in [3.05, 3.63) is 57.4 Å². The van der Waals surface area contributed by atoms with E-state index in [-0.39, 0.29) is 6.61 Å². The Morgan fingerprint density at radius 2 is 2.23 bits per heavy atom. The number of aliphatic carboxylic acids is 1. The molecule has 1 aliphatic rings. The Balaban J connectivity index is 1.62. The van der Waals surface area contributed by atoms with Crippen LogP contribution in [0, 0.1) is 11.8 Å². The standard InChI is InChI=1S/C20H18N2O3S/c23-7-3-4-13-8-14(26-12-13)10-22-11-18-16(9-19(22)20(24)25)15-5-1-2-6-17(15)21-18/h1-2,5-6,8,12,19,21,23H,7,9-11H2,(H,24,25)/t19-/m0/s1. The van der Waals surface area contributed by atoms with E-state index in [0.29, 0.717) is 19.5 Å². The third-order valence-electron chi connectivity index (χ3n) is 4.71. The number of para-hydroxylation sites is 1. The Labute approximate surface area is 154 Å². The summed E-state index contributed by atoms with van der Waals surface area (Å²) in [6.07, 6.45) is 0.497. The highest BCUT2D eigenvalue weighted by atomic mass is 32.1. The van der Waals surface area contributed by atoms with E-state index in [4.69, 9.17) is 5.11 Å². The van der Waals surface area contributed by atoms with Crippen LogP contribution in [-0.2, 0) is 24.3 Å². The smallest absolute Gasteiger partial charge is 0.321 e. The fourth-order valence-electron chi connectivity index (χ4n) is 3.54. The molecule has 1 atom stereocenters. The van der Waals surface area contributed by atoms with Crippen LogP contribution in [0.5, 0.6) is 0 Å². The average molecular weight is 366 g/mol. The lowest BCUT2D eigenvalue weighted by Gasteiger charge is -2.32. The number of nitrogens with zero attached hydrogens (tertiary/aromatic N) is 1. The SMILES string of the molecule is O=C(O)[C@@H]1Cc2c([nH]c3ccccc23)CN1Cc1cc(C#CCO)cs1. The normalized spacial score (nSPS) is 16.9. The molecule has 0 radical (unpaired) electrons. The highest BCUT2D eigenvalue weighted by molar-refractivity contribution is 7.10. The summed E-state index contributed by atoms with van der Waals surface area (Å²) in [5.74, 6) is 4.73. The zero-order chi connectivity index (χ0) is 18.1.